The number of nitrogens with two attached hydrogens (primary N) is 1. The molecule has 1 rings (SSSR count). The number of carboxylic acid groups (broad SMARTS) is 1. The maximum Gasteiger partial charge on any atom is 0.339 e. The van der Waals surface area contributed by atoms with Crippen LogP contribution in [0.3, 0.4) is 0 Å². The topological polar surface area (TPSA) is 81.8 Å². The van der Waals surface area contributed by atoms with Crippen molar-refractivity contribution in [3.8, 4) is 5.75 Å². The molecule has 3 N–H and O–H groups in total. The van der Waals surface area contributed by atoms with Crippen molar-refractivity contribution in [1.82, 2.24) is 0 Å². The lowest BCUT2D eigenvalue weighted by Gasteiger charge is -2.23. The summed E-state index contributed by atoms with van der Waals surface area (Å²) in [4.78, 5) is 11.0. The number of carboxylic acids is 1. The van der Waals surface area contributed by atoms with Crippen molar-refractivity contribution in [3.05, 3.63) is 23.8 Å². The average molecular weight is 253 g/mol. The molecule has 18 heavy (non-hydrogen) atoms. The number of anilines is 1. The van der Waals surface area contributed by atoms with E-state index in [0.29, 0.717) is 18.7 Å². The summed E-state index contributed by atoms with van der Waals surface area (Å²) in [5, 5.41) is 9.04. The standard InChI is InChI=1S/C13H19NO4/c1-13(2,17-3)7-8-18-11-9(12(15)16)5-4-6-10(11)14/h4-6H,7-8,14H2,1-3H3,(H,15,16). The van der Waals surface area contributed by atoms with Crippen LogP contribution >= 0.6 is 0 Å². The maximum absolute atomic E-state index is 11.0. The number of para-hydroxylation sites is 1. The minimum absolute atomic E-state index is 0.0743. The van der Waals surface area contributed by atoms with Gasteiger partial charge in [-0.25, -0.2) is 4.79 Å². The highest BCUT2D eigenvalue weighted by molar-refractivity contribution is 5.93. The largest absolute Gasteiger partial charge is 0.490 e. The molecule has 5 nitrogen and oxygen atoms in total. The van der Waals surface area contributed by atoms with Gasteiger partial charge in [0.05, 0.1) is 17.9 Å². The molecule has 0 aliphatic rings. The van der Waals surface area contributed by atoms with Crippen LogP contribution in [0, 0.1) is 0 Å². The van der Waals surface area contributed by atoms with Crippen molar-refractivity contribution in [2.24, 2.45) is 0 Å². The van der Waals surface area contributed by atoms with Crippen LogP contribution in [-0.2, 0) is 4.74 Å². The van der Waals surface area contributed by atoms with Crippen molar-refractivity contribution < 1.29 is 19.4 Å². The molecule has 0 amide bonds. The summed E-state index contributed by atoms with van der Waals surface area (Å²) < 4.78 is 10.7. The molecule has 0 radical (unpaired) electrons. The predicted octanol–water partition coefficient (Wildman–Crippen LogP) is 2.16. The molecule has 0 atom stereocenters. The number of benzene rings is 1. The molecule has 5 heteroatoms. The summed E-state index contributed by atoms with van der Waals surface area (Å²) in [6, 6.07) is 4.67. The van der Waals surface area contributed by atoms with Gasteiger partial charge in [0.25, 0.3) is 0 Å². The molecule has 1 aromatic carbocycles. The van der Waals surface area contributed by atoms with E-state index in [1.165, 1.54) is 6.07 Å². The first kappa shape index (κ1) is 14.3. The molecule has 0 aliphatic carbocycles. The van der Waals surface area contributed by atoms with Gasteiger partial charge in [-0.05, 0) is 26.0 Å². The Morgan fingerprint density at radius 1 is 1.44 bits per heavy atom. The van der Waals surface area contributed by atoms with E-state index in [1.807, 2.05) is 13.8 Å². The number of hydrogen-bond acceptors (Lipinski definition) is 4. The van der Waals surface area contributed by atoms with Gasteiger partial charge in [0.1, 0.15) is 5.56 Å². The molecule has 100 valence electrons. The van der Waals surface area contributed by atoms with E-state index in [1.54, 1.807) is 19.2 Å². The molecule has 0 unspecified atom stereocenters. The Kier molecular flexibility index (Phi) is 4.55. The van der Waals surface area contributed by atoms with Crippen LogP contribution in [0.15, 0.2) is 18.2 Å². The summed E-state index contributed by atoms with van der Waals surface area (Å²) in [5.74, 6) is -0.833. The summed E-state index contributed by atoms with van der Waals surface area (Å²) in [5.41, 5.74) is 5.81. The Morgan fingerprint density at radius 3 is 2.67 bits per heavy atom. The van der Waals surface area contributed by atoms with E-state index in [-0.39, 0.29) is 16.9 Å². The molecule has 0 aliphatic heterocycles. The van der Waals surface area contributed by atoms with Gasteiger partial charge in [0, 0.05) is 13.5 Å². The van der Waals surface area contributed by atoms with E-state index >= 15 is 0 Å². The van der Waals surface area contributed by atoms with Crippen molar-refractivity contribution in [2.45, 2.75) is 25.9 Å². The fourth-order valence-electron chi connectivity index (χ4n) is 1.39. The van der Waals surface area contributed by atoms with Crippen LogP contribution in [-0.4, -0.2) is 30.4 Å². The molecule has 1 aromatic rings. The quantitative estimate of drug-likeness (QED) is 0.759. The lowest BCUT2D eigenvalue weighted by Crippen LogP contribution is -2.25. The molecule has 0 saturated heterocycles. The van der Waals surface area contributed by atoms with Gasteiger partial charge in [0.2, 0.25) is 0 Å². The molecule has 0 aromatic heterocycles. The number of ether oxygens (including phenoxy) is 2. The van der Waals surface area contributed by atoms with Gasteiger partial charge in [-0.15, -0.1) is 0 Å². The Morgan fingerprint density at radius 2 is 2.11 bits per heavy atom. The first-order chi connectivity index (χ1) is 8.37. The monoisotopic (exact) mass is 253 g/mol. The molecular formula is C13H19NO4. The van der Waals surface area contributed by atoms with Crippen LogP contribution in [0.1, 0.15) is 30.6 Å². The average Bonchev–Trinajstić information content (AvgIpc) is 2.30. The minimum atomic E-state index is -1.05. The minimum Gasteiger partial charge on any atom is -0.490 e. The third-order valence-corrected chi connectivity index (χ3v) is 2.78. The normalized spacial score (nSPS) is 11.3. The third kappa shape index (κ3) is 3.63. The van der Waals surface area contributed by atoms with Gasteiger partial charge < -0.3 is 20.3 Å². The molecule has 0 bridgehead atoms. The van der Waals surface area contributed by atoms with Crippen LogP contribution < -0.4 is 10.5 Å². The lowest BCUT2D eigenvalue weighted by atomic mass is 10.1. The van der Waals surface area contributed by atoms with Gasteiger partial charge in [0.15, 0.2) is 5.75 Å². The van der Waals surface area contributed by atoms with Gasteiger partial charge in [-0.3, -0.25) is 0 Å². The molecule has 0 spiro atoms. The smallest absolute Gasteiger partial charge is 0.339 e. The van der Waals surface area contributed by atoms with E-state index in [4.69, 9.17) is 20.3 Å². The first-order valence-corrected chi connectivity index (χ1v) is 5.67. The summed E-state index contributed by atoms with van der Waals surface area (Å²) in [6.07, 6.45) is 0.636. The van der Waals surface area contributed by atoms with Crippen molar-refractivity contribution >= 4 is 11.7 Å². The second-order valence-electron chi connectivity index (χ2n) is 4.59. The Labute approximate surface area is 107 Å². The number of rotatable bonds is 6. The van der Waals surface area contributed by atoms with Crippen LogP contribution in [0.5, 0.6) is 5.75 Å². The van der Waals surface area contributed by atoms with Crippen LogP contribution in [0.2, 0.25) is 0 Å². The van der Waals surface area contributed by atoms with Crippen molar-refractivity contribution in [2.75, 3.05) is 19.5 Å². The highest BCUT2D eigenvalue weighted by atomic mass is 16.5. The Hall–Kier alpha value is -1.75. The number of methoxy groups -OCH3 is 1. The third-order valence-electron chi connectivity index (χ3n) is 2.78. The highest BCUT2D eigenvalue weighted by Gasteiger charge is 2.18. The highest BCUT2D eigenvalue weighted by Crippen LogP contribution is 2.27. The molecule has 0 heterocycles. The van der Waals surface area contributed by atoms with Crippen molar-refractivity contribution in [1.29, 1.82) is 0 Å². The molecule has 0 saturated carbocycles. The van der Waals surface area contributed by atoms with E-state index in [0.717, 1.165) is 0 Å². The van der Waals surface area contributed by atoms with Crippen molar-refractivity contribution in [3.63, 3.8) is 0 Å². The lowest BCUT2D eigenvalue weighted by molar-refractivity contribution is 0.00544. The second kappa shape index (κ2) is 5.73. The van der Waals surface area contributed by atoms with Gasteiger partial charge in [-0.2, -0.15) is 0 Å². The van der Waals surface area contributed by atoms with E-state index in [9.17, 15) is 4.79 Å². The molecular weight excluding hydrogens is 234 g/mol. The zero-order valence-electron chi connectivity index (χ0n) is 10.9. The predicted molar refractivity (Wildman–Crippen MR) is 69.0 cm³/mol. The number of aromatic carboxylic acids is 1. The van der Waals surface area contributed by atoms with Crippen LogP contribution in [0.25, 0.3) is 0 Å². The second-order valence-corrected chi connectivity index (χ2v) is 4.59. The zero-order valence-corrected chi connectivity index (χ0v) is 10.9. The van der Waals surface area contributed by atoms with Gasteiger partial charge in [-0.1, -0.05) is 6.07 Å². The fraction of sp³-hybridized carbons (Fsp3) is 0.462. The Bertz CT molecular complexity index is 429. The maximum atomic E-state index is 11.0. The van der Waals surface area contributed by atoms with E-state index in [2.05, 4.69) is 0 Å². The van der Waals surface area contributed by atoms with Crippen LogP contribution in [0.4, 0.5) is 5.69 Å². The number of hydrogen-bond donors (Lipinski definition) is 2. The SMILES string of the molecule is COC(C)(C)CCOc1c(N)cccc1C(=O)O. The van der Waals surface area contributed by atoms with Gasteiger partial charge >= 0.3 is 5.97 Å². The Balaban J connectivity index is 2.76. The summed E-state index contributed by atoms with van der Waals surface area (Å²) >= 11 is 0. The number of nitrogen functional groups attached to an aromatic ring is 1. The summed E-state index contributed by atoms with van der Waals surface area (Å²) in [7, 11) is 1.62. The van der Waals surface area contributed by atoms with E-state index < -0.39 is 5.97 Å². The first-order valence-electron chi connectivity index (χ1n) is 5.67. The fourth-order valence-corrected chi connectivity index (χ4v) is 1.39. The summed E-state index contributed by atoms with van der Waals surface area (Å²) in [6.45, 7) is 4.21. The number of carbonyl (C=O) groups is 1. The molecule has 0 fully saturated rings. The zero-order chi connectivity index (χ0) is 13.8.